The van der Waals surface area contributed by atoms with Crippen LogP contribution in [0.4, 0.5) is 4.39 Å². The van der Waals surface area contributed by atoms with E-state index in [1.807, 2.05) is 6.07 Å². The van der Waals surface area contributed by atoms with Crippen molar-refractivity contribution in [2.24, 2.45) is 0 Å². The van der Waals surface area contributed by atoms with Crippen molar-refractivity contribution in [3.63, 3.8) is 0 Å². The minimum atomic E-state index is -1.08. The second-order valence-electron chi connectivity index (χ2n) is 4.51. The van der Waals surface area contributed by atoms with Crippen LogP contribution in [0.2, 0.25) is 0 Å². The third-order valence-electron chi connectivity index (χ3n) is 2.84. The van der Waals surface area contributed by atoms with Gasteiger partial charge in [0.15, 0.2) is 0 Å². The molecule has 1 aromatic rings. The van der Waals surface area contributed by atoms with Gasteiger partial charge in [0.1, 0.15) is 5.82 Å². The summed E-state index contributed by atoms with van der Waals surface area (Å²) in [5.74, 6) is -0.279. The highest BCUT2D eigenvalue weighted by Gasteiger charge is 2.23. The molecule has 1 aromatic carbocycles. The van der Waals surface area contributed by atoms with Crippen LogP contribution in [-0.4, -0.2) is 5.11 Å². The van der Waals surface area contributed by atoms with Crippen molar-refractivity contribution in [2.45, 2.75) is 38.7 Å². The Labute approximate surface area is 83.6 Å². The molecule has 0 atom stereocenters. The summed E-state index contributed by atoms with van der Waals surface area (Å²) < 4.78 is 13.6. The maximum atomic E-state index is 13.6. The lowest BCUT2D eigenvalue weighted by Gasteiger charge is -2.19. The number of hydrogen-bond acceptors (Lipinski definition) is 1. The smallest absolute Gasteiger partial charge is 0.129 e. The van der Waals surface area contributed by atoms with Crippen molar-refractivity contribution in [1.29, 1.82) is 0 Å². The molecule has 0 bridgehead atoms. The summed E-state index contributed by atoms with van der Waals surface area (Å²) in [5, 5.41) is 9.76. The SMILES string of the molecule is CC(C)(O)c1cc2c(cc1F)CCC2. The van der Waals surface area contributed by atoms with E-state index < -0.39 is 5.60 Å². The van der Waals surface area contributed by atoms with Gasteiger partial charge in [0.05, 0.1) is 5.60 Å². The van der Waals surface area contributed by atoms with Crippen molar-refractivity contribution in [3.8, 4) is 0 Å². The largest absolute Gasteiger partial charge is 0.386 e. The summed E-state index contributed by atoms with van der Waals surface area (Å²) in [6.45, 7) is 3.24. The Kier molecular flexibility index (Phi) is 2.11. The molecule has 0 fully saturated rings. The number of halogens is 1. The molecule has 1 aliphatic carbocycles. The number of fused-ring (bicyclic) bond motifs is 1. The molecular weight excluding hydrogens is 179 g/mol. The highest BCUT2D eigenvalue weighted by Crippen LogP contribution is 2.30. The summed E-state index contributed by atoms with van der Waals surface area (Å²) in [7, 11) is 0. The standard InChI is InChI=1S/C12H15FO/c1-12(2,14)10-6-8-4-3-5-9(8)7-11(10)13/h6-7,14H,3-5H2,1-2H3. The van der Waals surface area contributed by atoms with Crippen LogP contribution in [0, 0.1) is 5.82 Å². The third kappa shape index (κ3) is 1.55. The first-order chi connectivity index (χ1) is 6.48. The van der Waals surface area contributed by atoms with E-state index in [2.05, 4.69) is 0 Å². The molecule has 0 spiro atoms. The van der Waals surface area contributed by atoms with Gasteiger partial charge < -0.3 is 5.11 Å². The lowest BCUT2D eigenvalue weighted by Crippen LogP contribution is -2.18. The van der Waals surface area contributed by atoms with Crippen LogP contribution in [0.15, 0.2) is 12.1 Å². The molecule has 76 valence electrons. The molecular formula is C12H15FO. The molecule has 2 heteroatoms. The molecule has 0 heterocycles. The topological polar surface area (TPSA) is 20.2 Å². The van der Waals surface area contributed by atoms with Crippen LogP contribution < -0.4 is 0 Å². The fourth-order valence-corrected chi connectivity index (χ4v) is 2.06. The van der Waals surface area contributed by atoms with Crippen LogP contribution >= 0.6 is 0 Å². The fraction of sp³-hybridized carbons (Fsp3) is 0.500. The minimum absolute atomic E-state index is 0.279. The number of aliphatic hydroxyl groups is 1. The average molecular weight is 194 g/mol. The van der Waals surface area contributed by atoms with Crippen LogP contribution in [0.3, 0.4) is 0 Å². The van der Waals surface area contributed by atoms with Gasteiger partial charge in [0, 0.05) is 5.56 Å². The van der Waals surface area contributed by atoms with Gasteiger partial charge in [-0.2, -0.15) is 0 Å². The van der Waals surface area contributed by atoms with E-state index in [1.54, 1.807) is 19.9 Å². The van der Waals surface area contributed by atoms with E-state index in [9.17, 15) is 9.50 Å². The monoisotopic (exact) mass is 194 g/mol. The third-order valence-corrected chi connectivity index (χ3v) is 2.84. The van der Waals surface area contributed by atoms with Crippen LogP contribution in [0.1, 0.15) is 37.0 Å². The van der Waals surface area contributed by atoms with Crippen molar-refractivity contribution >= 4 is 0 Å². The van der Waals surface area contributed by atoms with Gasteiger partial charge in [-0.05, 0) is 56.4 Å². The summed E-state index contributed by atoms with van der Waals surface area (Å²) in [5.41, 5.74) is 1.64. The molecule has 1 nitrogen and oxygen atoms in total. The zero-order valence-corrected chi connectivity index (χ0v) is 8.60. The molecule has 0 saturated carbocycles. The number of aryl methyl sites for hydroxylation is 2. The van der Waals surface area contributed by atoms with Crippen molar-refractivity contribution in [1.82, 2.24) is 0 Å². The summed E-state index contributed by atoms with van der Waals surface area (Å²) in [6, 6.07) is 3.40. The molecule has 1 N–H and O–H groups in total. The highest BCUT2D eigenvalue weighted by atomic mass is 19.1. The number of benzene rings is 1. The quantitative estimate of drug-likeness (QED) is 0.728. The van der Waals surface area contributed by atoms with Crippen LogP contribution in [0.25, 0.3) is 0 Å². The lowest BCUT2D eigenvalue weighted by atomic mass is 9.94. The molecule has 0 unspecified atom stereocenters. The molecule has 1 aliphatic rings. The van der Waals surface area contributed by atoms with Crippen LogP contribution in [0.5, 0.6) is 0 Å². The van der Waals surface area contributed by atoms with Gasteiger partial charge in [-0.1, -0.05) is 0 Å². The molecule has 0 amide bonds. The molecule has 0 aliphatic heterocycles. The van der Waals surface area contributed by atoms with Gasteiger partial charge in [0.25, 0.3) is 0 Å². The van der Waals surface area contributed by atoms with E-state index in [-0.39, 0.29) is 5.82 Å². The molecule has 2 rings (SSSR count). The zero-order valence-electron chi connectivity index (χ0n) is 8.60. The minimum Gasteiger partial charge on any atom is -0.386 e. The molecule has 14 heavy (non-hydrogen) atoms. The normalized spacial score (nSPS) is 15.7. The summed E-state index contributed by atoms with van der Waals surface area (Å²) in [4.78, 5) is 0. The van der Waals surface area contributed by atoms with Crippen molar-refractivity contribution < 1.29 is 9.50 Å². The molecule has 0 aromatic heterocycles. The van der Waals surface area contributed by atoms with Gasteiger partial charge in [-0.15, -0.1) is 0 Å². The Bertz CT molecular complexity index is 363. The predicted octanol–water partition coefficient (Wildman–Crippen LogP) is 2.54. The van der Waals surface area contributed by atoms with E-state index in [0.717, 1.165) is 24.8 Å². The Morgan fingerprint density at radius 1 is 1.21 bits per heavy atom. The predicted molar refractivity (Wildman–Crippen MR) is 53.7 cm³/mol. The van der Waals surface area contributed by atoms with Gasteiger partial charge in [0.2, 0.25) is 0 Å². The Balaban J connectivity index is 2.53. The van der Waals surface area contributed by atoms with Crippen LogP contribution in [-0.2, 0) is 18.4 Å². The second kappa shape index (κ2) is 3.06. The van der Waals surface area contributed by atoms with Gasteiger partial charge >= 0.3 is 0 Å². The zero-order chi connectivity index (χ0) is 10.3. The maximum Gasteiger partial charge on any atom is 0.129 e. The van der Waals surface area contributed by atoms with Gasteiger partial charge in [-0.25, -0.2) is 4.39 Å². The summed E-state index contributed by atoms with van der Waals surface area (Å²) >= 11 is 0. The maximum absolute atomic E-state index is 13.6. The van der Waals surface area contributed by atoms with E-state index >= 15 is 0 Å². The Morgan fingerprint density at radius 3 is 2.36 bits per heavy atom. The number of rotatable bonds is 1. The first-order valence-corrected chi connectivity index (χ1v) is 5.02. The molecule has 0 radical (unpaired) electrons. The Morgan fingerprint density at radius 2 is 1.79 bits per heavy atom. The Hall–Kier alpha value is -0.890. The van der Waals surface area contributed by atoms with Gasteiger partial charge in [-0.3, -0.25) is 0 Å². The first kappa shape index (κ1) is 9.66. The summed E-state index contributed by atoms with van der Waals surface area (Å²) in [6.07, 6.45) is 3.08. The average Bonchev–Trinajstić information content (AvgIpc) is 2.47. The van der Waals surface area contributed by atoms with Crippen molar-refractivity contribution in [3.05, 3.63) is 34.6 Å². The first-order valence-electron chi connectivity index (χ1n) is 5.02. The van der Waals surface area contributed by atoms with Crippen molar-refractivity contribution in [2.75, 3.05) is 0 Å². The molecule has 0 saturated heterocycles. The number of hydrogen-bond donors (Lipinski definition) is 1. The second-order valence-corrected chi connectivity index (χ2v) is 4.51. The highest BCUT2D eigenvalue weighted by molar-refractivity contribution is 5.38. The van der Waals surface area contributed by atoms with E-state index in [1.165, 1.54) is 5.56 Å². The van der Waals surface area contributed by atoms with E-state index in [4.69, 9.17) is 0 Å². The van der Waals surface area contributed by atoms with E-state index in [0.29, 0.717) is 5.56 Å². The lowest BCUT2D eigenvalue weighted by molar-refractivity contribution is 0.0744. The fourth-order valence-electron chi connectivity index (χ4n) is 2.06.